The van der Waals surface area contributed by atoms with E-state index in [4.69, 9.17) is 0 Å². The van der Waals surface area contributed by atoms with Gasteiger partial charge in [-0.15, -0.1) is 0 Å². The van der Waals surface area contributed by atoms with Gasteiger partial charge < -0.3 is 5.11 Å². The number of aliphatic hydroxyl groups excluding tert-OH is 1. The minimum atomic E-state index is -3.63. The lowest BCUT2D eigenvalue weighted by molar-refractivity contribution is 0.199. The summed E-state index contributed by atoms with van der Waals surface area (Å²) >= 11 is 0. The van der Waals surface area contributed by atoms with Crippen molar-refractivity contribution in [2.24, 2.45) is 0 Å². The van der Waals surface area contributed by atoms with Gasteiger partial charge in [-0.05, 0) is 55.7 Å². The van der Waals surface area contributed by atoms with Crippen LogP contribution in [-0.2, 0) is 10.0 Å². The maximum Gasteiger partial charge on any atom is 0.261 e. The SMILES string of the molecule is Cc1cccc(NS(=O)(=O)c2ccc(C(C)O)cc2)c1C. The van der Waals surface area contributed by atoms with E-state index < -0.39 is 16.1 Å². The van der Waals surface area contributed by atoms with E-state index >= 15 is 0 Å². The number of nitrogens with one attached hydrogen (secondary N) is 1. The number of benzene rings is 2. The van der Waals surface area contributed by atoms with Crippen LogP contribution in [0.1, 0.15) is 29.7 Å². The van der Waals surface area contributed by atoms with Crippen LogP contribution in [0.2, 0.25) is 0 Å². The van der Waals surface area contributed by atoms with Crippen molar-refractivity contribution < 1.29 is 13.5 Å². The fourth-order valence-corrected chi connectivity index (χ4v) is 3.11. The van der Waals surface area contributed by atoms with E-state index in [1.54, 1.807) is 25.1 Å². The van der Waals surface area contributed by atoms with Crippen molar-refractivity contribution in [3.05, 3.63) is 59.2 Å². The molecule has 2 N–H and O–H groups in total. The maximum atomic E-state index is 12.4. The normalized spacial score (nSPS) is 13.0. The molecule has 0 fully saturated rings. The Labute approximate surface area is 125 Å². The fraction of sp³-hybridized carbons (Fsp3) is 0.250. The molecule has 2 aromatic rings. The highest BCUT2D eigenvalue weighted by Crippen LogP contribution is 2.23. The first-order valence-corrected chi connectivity index (χ1v) is 8.16. The molecular weight excluding hydrogens is 286 g/mol. The highest BCUT2D eigenvalue weighted by atomic mass is 32.2. The summed E-state index contributed by atoms with van der Waals surface area (Å²) < 4.78 is 27.3. The zero-order valence-electron chi connectivity index (χ0n) is 12.3. The van der Waals surface area contributed by atoms with Crippen LogP contribution in [-0.4, -0.2) is 13.5 Å². The molecule has 0 saturated heterocycles. The Kier molecular flexibility index (Phi) is 4.34. The summed E-state index contributed by atoms with van der Waals surface area (Å²) in [4.78, 5) is 0.174. The number of hydrogen-bond acceptors (Lipinski definition) is 3. The summed E-state index contributed by atoms with van der Waals surface area (Å²) in [7, 11) is -3.63. The molecule has 0 aromatic heterocycles. The molecule has 1 atom stereocenters. The average Bonchev–Trinajstić information content (AvgIpc) is 2.44. The molecule has 0 bridgehead atoms. The second-order valence-corrected chi connectivity index (χ2v) is 6.78. The largest absolute Gasteiger partial charge is 0.389 e. The fourth-order valence-electron chi connectivity index (χ4n) is 1.99. The third-order valence-corrected chi connectivity index (χ3v) is 4.90. The first-order chi connectivity index (χ1) is 9.81. The van der Waals surface area contributed by atoms with E-state index in [-0.39, 0.29) is 4.90 Å². The smallest absolute Gasteiger partial charge is 0.261 e. The highest BCUT2D eigenvalue weighted by molar-refractivity contribution is 7.92. The van der Waals surface area contributed by atoms with Crippen molar-refractivity contribution >= 4 is 15.7 Å². The summed E-state index contributed by atoms with van der Waals surface area (Å²) in [6.45, 7) is 5.45. The maximum absolute atomic E-state index is 12.4. The summed E-state index contributed by atoms with van der Waals surface area (Å²) in [5.74, 6) is 0. The molecule has 1 unspecified atom stereocenters. The van der Waals surface area contributed by atoms with Gasteiger partial charge in [-0.25, -0.2) is 8.42 Å². The Bertz CT molecular complexity index is 735. The molecule has 4 nitrogen and oxygen atoms in total. The van der Waals surface area contributed by atoms with E-state index in [9.17, 15) is 13.5 Å². The van der Waals surface area contributed by atoms with Crippen LogP contribution in [0.5, 0.6) is 0 Å². The van der Waals surface area contributed by atoms with Crippen molar-refractivity contribution in [2.45, 2.75) is 31.8 Å². The number of anilines is 1. The summed E-state index contributed by atoms with van der Waals surface area (Å²) in [5.41, 5.74) is 3.19. The van der Waals surface area contributed by atoms with Crippen molar-refractivity contribution in [1.82, 2.24) is 0 Å². The molecule has 2 rings (SSSR count). The second-order valence-electron chi connectivity index (χ2n) is 5.10. The minimum Gasteiger partial charge on any atom is -0.389 e. The number of rotatable bonds is 4. The van der Waals surface area contributed by atoms with E-state index in [1.807, 2.05) is 26.0 Å². The van der Waals surface area contributed by atoms with Crippen LogP contribution >= 0.6 is 0 Å². The minimum absolute atomic E-state index is 0.174. The molecule has 0 saturated carbocycles. The van der Waals surface area contributed by atoms with Gasteiger partial charge in [0.25, 0.3) is 10.0 Å². The van der Waals surface area contributed by atoms with Gasteiger partial charge in [0.15, 0.2) is 0 Å². The van der Waals surface area contributed by atoms with Crippen LogP contribution in [0.4, 0.5) is 5.69 Å². The molecular formula is C16H19NO3S. The second kappa shape index (κ2) is 5.87. The quantitative estimate of drug-likeness (QED) is 0.912. The predicted molar refractivity (Wildman–Crippen MR) is 83.8 cm³/mol. The van der Waals surface area contributed by atoms with Crippen LogP contribution in [0.3, 0.4) is 0 Å². The molecule has 0 amide bonds. The number of hydrogen-bond donors (Lipinski definition) is 2. The Hall–Kier alpha value is -1.85. The van der Waals surface area contributed by atoms with E-state index in [0.29, 0.717) is 11.3 Å². The van der Waals surface area contributed by atoms with Gasteiger partial charge in [-0.2, -0.15) is 0 Å². The first-order valence-electron chi connectivity index (χ1n) is 6.68. The Morgan fingerprint density at radius 3 is 2.24 bits per heavy atom. The zero-order valence-corrected chi connectivity index (χ0v) is 13.1. The summed E-state index contributed by atoms with van der Waals surface area (Å²) in [6.07, 6.45) is -0.617. The molecule has 5 heteroatoms. The van der Waals surface area contributed by atoms with Crippen LogP contribution in [0, 0.1) is 13.8 Å². The first kappa shape index (κ1) is 15.5. The van der Waals surface area contributed by atoms with Crippen LogP contribution in [0.15, 0.2) is 47.4 Å². The third kappa shape index (κ3) is 3.43. The average molecular weight is 305 g/mol. The van der Waals surface area contributed by atoms with Crippen molar-refractivity contribution in [3.63, 3.8) is 0 Å². The topological polar surface area (TPSA) is 66.4 Å². The molecule has 0 aliphatic rings. The number of aliphatic hydroxyl groups is 1. The molecule has 0 aliphatic heterocycles. The molecule has 0 spiro atoms. The summed E-state index contributed by atoms with van der Waals surface area (Å²) in [5, 5.41) is 9.45. The van der Waals surface area contributed by atoms with E-state index in [0.717, 1.165) is 11.1 Å². The monoisotopic (exact) mass is 305 g/mol. The van der Waals surface area contributed by atoms with Gasteiger partial charge in [0.1, 0.15) is 0 Å². The van der Waals surface area contributed by atoms with E-state index in [1.165, 1.54) is 12.1 Å². The van der Waals surface area contributed by atoms with Crippen molar-refractivity contribution in [2.75, 3.05) is 4.72 Å². The number of sulfonamides is 1. The van der Waals surface area contributed by atoms with Crippen LogP contribution < -0.4 is 4.72 Å². The van der Waals surface area contributed by atoms with Gasteiger partial charge >= 0.3 is 0 Å². The molecule has 0 aliphatic carbocycles. The van der Waals surface area contributed by atoms with Crippen LogP contribution in [0.25, 0.3) is 0 Å². The molecule has 0 radical (unpaired) electrons. The van der Waals surface area contributed by atoms with Gasteiger partial charge in [-0.1, -0.05) is 24.3 Å². The van der Waals surface area contributed by atoms with Gasteiger partial charge in [0, 0.05) is 0 Å². The van der Waals surface area contributed by atoms with Gasteiger partial charge in [0.2, 0.25) is 0 Å². The Morgan fingerprint density at radius 1 is 1.05 bits per heavy atom. The number of aryl methyl sites for hydroxylation is 1. The lowest BCUT2D eigenvalue weighted by Gasteiger charge is -2.13. The lowest BCUT2D eigenvalue weighted by atomic mass is 10.1. The molecule has 21 heavy (non-hydrogen) atoms. The molecule has 112 valence electrons. The summed E-state index contributed by atoms with van der Waals surface area (Å²) in [6, 6.07) is 11.7. The molecule has 0 heterocycles. The molecule has 2 aromatic carbocycles. The standard InChI is InChI=1S/C16H19NO3S/c1-11-5-4-6-16(12(11)2)17-21(19,20)15-9-7-14(8-10-15)13(3)18/h4-10,13,17-18H,1-3H3. The predicted octanol–water partition coefficient (Wildman–Crippen LogP) is 3.16. The lowest BCUT2D eigenvalue weighted by Crippen LogP contribution is -2.14. The van der Waals surface area contributed by atoms with Gasteiger partial charge in [-0.3, -0.25) is 4.72 Å². The highest BCUT2D eigenvalue weighted by Gasteiger charge is 2.16. The van der Waals surface area contributed by atoms with Crippen molar-refractivity contribution in [3.8, 4) is 0 Å². The third-order valence-electron chi connectivity index (χ3n) is 3.52. The Morgan fingerprint density at radius 2 is 1.67 bits per heavy atom. The van der Waals surface area contributed by atoms with E-state index in [2.05, 4.69) is 4.72 Å². The Balaban J connectivity index is 2.32. The van der Waals surface area contributed by atoms with Gasteiger partial charge in [0.05, 0.1) is 16.7 Å². The van der Waals surface area contributed by atoms with Crippen molar-refractivity contribution in [1.29, 1.82) is 0 Å². The zero-order chi connectivity index (χ0) is 15.6.